The van der Waals surface area contributed by atoms with Gasteiger partial charge in [-0.05, 0) is 64.7 Å². The van der Waals surface area contributed by atoms with Crippen LogP contribution >= 0.6 is 11.6 Å². The molecule has 0 N–H and O–H groups in total. The quantitative estimate of drug-likeness (QED) is 0.198. The summed E-state index contributed by atoms with van der Waals surface area (Å²) in [5, 5.41) is 5.45. The van der Waals surface area contributed by atoms with Gasteiger partial charge in [-0.25, -0.2) is 0 Å². The number of aromatic nitrogens is 1. The van der Waals surface area contributed by atoms with Crippen molar-refractivity contribution >= 4 is 55.3 Å². The molecule has 0 aliphatic heterocycles. The second-order valence-electron chi connectivity index (χ2n) is 11.5. The van der Waals surface area contributed by atoms with Gasteiger partial charge in [0.25, 0.3) is 0 Å². The Bertz CT molecular complexity index is 2520. The van der Waals surface area contributed by atoms with Gasteiger partial charge in [0, 0.05) is 37.7 Å². The minimum atomic E-state index is 0.720. The lowest BCUT2D eigenvalue weighted by Crippen LogP contribution is -1.98. The van der Waals surface area contributed by atoms with Crippen LogP contribution in [-0.2, 0) is 0 Å². The Morgan fingerprint density at radius 1 is 0.422 bits per heavy atom. The third-order valence-electron chi connectivity index (χ3n) is 8.87. The molecule has 0 radical (unpaired) electrons. The van der Waals surface area contributed by atoms with E-state index in [-0.39, 0.29) is 0 Å². The van der Waals surface area contributed by atoms with Gasteiger partial charge in [-0.2, -0.15) is 0 Å². The minimum Gasteiger partial charge on any atom is -0.455 e. The zero-order valence-corrected chi connectivity index (χ0v) is 25.0. The number of fused-ring (bicyclic) bond motifs is 6. The molecular weight excluding hydrogens is 570 g/mol. The van der Waals surface area contributed by atoms with Crippen molar-refractivity contribution in [1.29, 1.82) is 0 Å². The van der Waals surface area contributed by atoms with Crippen molar-refractivity contribution in [1.82, 2.24) is 4.57 Å². The number of hydrogen-bond acceptors (Lipinski definition) is 1. The van der Waals surface area contributed by atoms with Crippen molar-refractivity contribution in [3.63, 3.8) is 0 Å². The molecule has 2 aromatic heterocycles. The molecule has 3 heteroatoms. The Kier molecular flexibility index (Phi) is 5.90. The van der Waals surface area contributed by atoms with Crippen LogP contribution in [0.4, 0.5) is 0 Å². The summed E-state index contributed by atoms with van der Waals surface area (Å²) < 4.78 is 8.79. The molecule has 0 saturated carbocycles. The lowest BCUT2D eigenvalue weighted by Gasteiger charge is -2.17. The summed E-state index contributed by atoms with van der Waals surface area (Å²) in [6.45, 7) is 0. The third-order valence-corrected chi connectivity index (χ3v) is 9.10. The van der Waals surface area contributed by atoms with Gasteiger partial charge in [0.05, 0.1) is 16.7 Å². The Balaban J connectivity index is 1.27. The number of para-hydroxylation sites is 4. The average Bonchev–Trinajstić information content (AvgIpc) is 3.64. The maximum absolute atomic E-state index is 6.52. The largest absolute Gasteiger partial charge is 0.455 e. The van der Waals surface area contributed by atoms with Gasteiger partial charge in [0.15, 0.2) is 0 Å². The molecule has 9 aromatic rings. The summed E-state index contributed by atoms with van der Waals surface area (Å²) in [4.78, 5) is 0. The SMILES string of the molecule is Clc1cccc(-c2ccc(-c3cccc(-c4cccc5c4oc4ccccc45)c3)cc2-n2c3ccccc3c3ccccc32)c1. The van der Waals surface area contributed by atoms with E-state index in [9.17, 15) is 0 Å². The average molecular weight is 596 g/mol. The second-order valence-corrected chi connectivity index (χ2v) is 11.9. The van der Waals surface area contributed by atoms with Crippen LogP contribution in [0.2, 0.25) is 5.02 Å². The van der Waals surface area contributed by atoms with Crippen LogP contribution in [0.5, 0.6) is 0 Å². The van der Waals surface area contributed by atoms with Crippen LogP contribution in [0.25, 0.3) is 82.8 Å². The van der Waals surface area contributed by atoms with E-state index in [0.29, 0.717) is 0 Å². The predicted octanol–water partition coefficient (Wildman–Crippen LogP) is 12.3. The highest BCUT2D eigenvalue weighted by atomic mass is 35.5. The minimum absolute atomic E-state index is 0.720. The first-order valence-corrected chi connectivity index (χ1v) is 15.5. The number of hydrogen-bond donors (Lipinski definition) is 0. The smallest absolute Gasteiger partial charge is 0.143 e. The summed E-state index contributed by atoms with van der Waals surface area (Å²) >= 11 is 6.52. The fraction of sp³-hybridized carbons (Fsp3) is 0. The van der Waals surface area contributed by atoms with Crippen molar-refractivity contribution in [2.75, 3.05) is 0 Å². The van der Waals surface area contributed by atoms with E-state index < -0.39 is 0 Å². The molecule has 2 nitrogen and oxygen atoms in total. The Labute approximate surface area is 265 Å². The highest BCUT2D eigenvalue weighted by Gasteiger charge is 2.17. The lowest BCUT2D eigenvalue weighted by atomic mass is 9.95. The van der Waals surface area contributed by atoms with Gasteiger partial charge in [0.1, 0.15) is 11.2 Å². The molecule has 0 bridgehead atoms. The monoisotopic (exact) mass is 595 g/mol. The molecule has 0 atom stereocenters. The highest BCUT2D eigenvalue weighted by molar-refractivity contribution is 6.30. The first-order chi connectivity index (χ1) is 22.2. The molecule has 0 aliphatic rings. The van der Waals surface area contributed by atoms with Crippen molar-refractivity contribution < 1.29 is 4.42 Å². The van der Waals surface area contributed by atoms with Gasteiger partial charge >= 0.3 is 0 Å². The molecule has 0 spiro atoms. The zero-order valence-electron chi connectivity index (χ0n) is 24.2. The van der Waals surface area contributed by atoms with Crippen LogP contribution in [0, 0.1) is 0 Å². The molecular formula is C42H26ClNO. The van der Waals surface area contributed by atoms with E-state index in [1.54, 1.807) is 0 Å². The van der Waals surface area contributed by atoms with Gasteiger partial charge < -0.3 is 8.98 Å². The number of furan rings is 1. The van der Waals surface area contributed by atoms with Crippen LogP contribution in [-0.4, -0.2) is 4.57 Å². The van der Waals surface area contributed by atoms with Gasteiger partial charge in [-0.3, -0.25) is 0 Å². The molecule has 212 valence electrons. The molecule has 7 aromatic carbocycles. The van der Waals surface area contributed by atoms with Crippen LogP contribution in [0.15, 0.2) is 162 Å². The molecule has 0 unspecified atom stereocenters. The summed E-state index contributed by atoms with van der Waals surface area (Å²) in [5.74, 6) is 0. The van der Waals surface area contributed by atoms with Crippen LogP contribution in [0.3, 0.4) is 0 Å². The predicted molar refractivity (Wildman–Crippen MR) is 189 cm³/mol. The van der Waals surface area contributed by atoms with E-state index in [0.717, 1.165) is 66.0 Å². The van der Waals surface area contributed by atoms with Gasteiger partial charge in [0.2, 0.25) is 0 Å². The molecule has 0 fully saturated rings. The number of benzene rings is 7. The Morgan fingerprint density at radius 3 is 1.80 bits per heavy atom. The maximum atomic E-state index is 6.52. The van der Waals surface area contributed by atoms with E-state index in [1.165, 1.54) is 21.8 Å². The van der Waals surface area contributed by atoms with E-state index in [4.69, 9.17) is 16.0 Å². The number of halogens is 1. The summed E-state index contributed by atoms with van der Waals surface area (Å²) in [6.07, 6.45) is 0. The summed E-state index contributed by atoms with van der Waals surface area (Å²) in [5.41, 5.74) is 12.0. The fourth-order valence-electron chi connectivity index (χ4n) is 6.82. The summed E-state index contributed by atoms with van der Waals surface area (Å²) in [6, 6.07) is 55.6. The number of nitrogens with zero attached hydrogens (tertiary/aromatic N) is 1. The van der Waals surface area contributed by atoms with Crippen LogP contribution < -0.4 is 0 Å². The Morgan fingerprint density at radius 2 is 1.02 bits per heavy atom. The molecule has 0 amide bonds. The van der Waals surface area contributed by atoms with Crippen molar-refractivity contribution in [2.45, 2.75) is 0 Å². The maximum Gasteiger partial charge on any atom is 0.143 e. The van der Waals surface area contributed by atoms with Crippen molar-refractivity contribution in [2.24, 2.45) is 0 Å². The molecule has 9 rings (SSSR count). The molecule has 0 aliphatic carbocycles. The van der Waals surface area contributed by atoms with Gasteiger partial charge in [-0.1, -0.05) is 127 Å². The van der Waals surface area contributed by atoms with Crippen molar-refractivity contribution in [3.05, 3.63) is 163 Å². The van der Waals surface area contributed by atoms with E-state index in [1.807, 2.05) is 30.3 Å². The second kappa shape index (κ2) is 10.3. The molecule has 2 heterocycles. The lowest BCUT2D eigenvalue weighted by molar-refractivity contribution is 0.670. The first-order valence-electron chi connectivity index (χ1n) is 15.1. The topological polar surface area (TPSA) is 18.1 Å². The molecule has 0 saturated heterocycles. The third kappa shape index (κ3) is 4.18. The van der Waals surface area contributed by atoms with Crippen molar-refractivity contribution in [3.8, 4) is 39.1 Å². The summed E-state index contributed by atoms with van der Waals surface area (Å²) in [7, 11) is 0. The van der Waals surface area contributed by atoms with E-state index in [2.05, 4.69) is 132 Å². The highest BCUT2D eigenvalue weighted by Crippen LogP contribution is 2.40. The standard InChI is InChI=1S/C42H26ClNO/c43-31-13-8-12-30(25-31)32-23-22-28(26-40(32)44-38-19-4-1-14-34(38)35-15-2-5-20-39(35)44)27-10-7-11-29(24-27)33-17-9-18-37-36-16-3-6-21-41(36)45-42(33)37/h1-26H. The van der Waals surface area contributed by atoms with Crippen LogP contribution in [0.1, 0.15) is 0 Å². The molecule has 45 heavy (non-hydrogen) atoms. The fourth-order valence-corrected chi connectivity index (χ4v) is 7.01. The van der Waals surface area contributed by atoms with Gasteiger partial charge in [-0.15, -0.1) is 0 Å². The Hall–Kier alpha value is -5.57. The normalized spacial score (nSPS) is 11.7. The number of rotatable bonds is 4. The van der Waals surface area contributed by atoms with E-state index >= 15 is 0 Å². The zero-order chi connectivity index (χ0) is 29.9. The first kappa shape index (κ1) is 25.9.